The van der Waals surface area contributed by atoms with Crippen molar-refractivity contribution >= 4 is 28.7 Å². The van der Waals surface area contributed by atoms with E-state index < -0.39 is 11.4 Å². The summed E-state index contributed by atoms with van der Waals surface area (Å²) in [5, 5.41) is 3.37. The van der Waals surface area contributed by atoms with Gasteiger partial charge in [-0.3, -0.25) is 18.7 Å². The molecule has 1 aromatic carbocycles. The van der Waals surface area contributed by atoms with Gasteiger partial charge in [0.05, 0.1) is 11.6 Å². The van der Waals surface area contributed by atoms with Gasteiger partial charge in [0.2, 0.25) is 5.91 Å². The zero-order chi connectivity index (χ0) is 26.2. The van der Waals surface area contributed by atoms with Gasteiger partial charge in [-0.1, -0.05) is 24.3 Å². The minimum atomic E-state index is -0.581. The van der Waals surface area contributed by atoms with Crippen molar-refractivity contribution in [2.24, 2.45) is 5.92 Å². The molecule has 0 radical (unpaired) electrons. The molecule has 0 atom stereocenters. The Bertz CT molecular complexity index is 1450. The molecule has 1 amide bonds. The van der Waals surface area contributed by atoms with Gasteiger partial charge < -0.3 is 5.32 Å². The first-order valence-corrected chi connectivity index (χ1v) is 14.9. The van der Waals surface area contributed by atoms with Crippen LogP contribution in [0.25, 0.3) is 11.0 Å². The van der Waals surface area contributed by atoms with E-state index in [0.29, 0.717) is 38.0 Å². The normalized spacial score (nSPS) is 22.4. The molecule has 0 spiro atoms. The molecule has 6 rings (SSSR count). The molecule has 9 heteroatoms. The lowest BCUT2D eigenvalue weighted by Gasteiger charge is -2.31. The van der Waals surface area contributed by atoms with Crippen molar-refractivity contribution in [2.75, 3.05) is 11.5 Å². The van der Waals surface area contributed by atoms with E-state index in [-0.39, 0.29) is 40.8 Å². The fraction of sp³-hybridized carbons (Fsp3) is 0.517. The zero-order valence-electron chi connectivity index (χ0n) is 21.4. The number of aromatic nitrogens is 3. The third-order valence-corrected chi connectivity index (χ3v) is 9.56. The summed E-state index contributed by atoms with van der Waals surface area (Å²) in [6.45, 7) is 0. The van der Waals surface area contributed by atoms with Crippen molar-refractivity contribution in [3.63, 3.8) is 0 Å². The maximum Gasteiger partial charge on any atom is 0.333 e. The number of hydrogen-bond acceptors (Lipinski definition) is 5. The van der Waals surface area contributed by atoms with Gasteiger partial charge in [0.1, 0.15) is 11.5 Å². The number of carbonyl (C=O) groups is 1. The Morgan fingerprint density at radius 3 is 2.32 bits per heavy atom. The van der Waals surface area contributed by atoms with Gasteiger partial charge in [0, 0.05) is 24.5 Å². The van der Waals surface area contributed by atoms with E-state index >= 15 is 0 Å². The van der Waals surface area contributed by atoms with Crippen molar-refractivity contribution < 1.29 is 9.18 Å². The van der Waals surface area contributed by atoms with Crippen LogP contribution in [0.1, 0.15) is 68.2 Å². The molecule has 200 valence electrons. The lowest BCUT2D eigenvalue weighted by molar-refractivity contribution is -0.122. The van der Waals surface area contributed by atoms with Gasteiger partial charge in [-0.25, -0.2) is 14.2 Å². The third kappa shape index (κ3) is 4.93. The van der Waals surface area contributed by atoms with E-state index in [2.05, 4.69) is 34.6 Å². The molecule has 7 nitrogen and oxygen atoms in total. The summed E-state index contributed by atoms with van der Waals surface area (Å²) in [7, 11) is 0. The molecule has 2 aromatic heterocycles. The summed E-state index contributed by atoms with van der Waals surface area (Å²) in [6.07, 6.45) is 7.76. The first-order valence-electron chi connectivity index (χ1n) is 13.7. The molecule has 1 saturated carbocycles. The number of halogens is 1. The number of fused-ring (bicyclic) bond motifs is 2. The number of amides is 1. The Hall–Kier alpha value is -2.94. The van der Waals surface area contributed by atoms with Crippen LogP contribution in [0.3, 0.4) is 0 Å². The Morgan fingerprint density at radius 2 is 1.63 bits per heavy atom. The first-order chi connectivity index (χ1) is 18.5. The van der Waals surface area contributed by atoms with Crippen LogP contribution in [-0.2, 0) is 17.6 Å². The largest absolute Gasteiger partial charge is 0.353 e. The summed E-state index contributed by atoms with van der Waals surface area (Å²) in [5.41, 5.74) is 2.17. The van der Waals surface area contributed by atoms with Crippen molar-refractivity contribution in [2.45, 2.75) is 75.9 Å². The van der Waals surface area contributed by atoms with E-state index in [1.807, 2.05) is 11.8 Å². The average Bonchev–Trinajstić information content (AvgIpc) is 3.33. The van der Waals surface area contributed by atoms with Crippen LogP contribution in [0.5, 0.6) is 0 Å². The fourth-order valence-electron chi connectivity index (χ4n) is 6.62. The fourth-order valence-corrected chi connectivity index (χ4v) is 7.70. The average molecular weight is 537 g/mol. The molecule has 2 aliphatic carbocycles. The van der Waals surface area contributed by atoms with Crippen LogP contribution in [-0.4, -0.2) is 37.6 Å². The van der Waals surface area contributed by atoms with Crippen LogP contribution >= 0.6 is 11.8 Å². The van der Waals surface area contributed by atoms with Crippen LogP contribution in [0.2, 0.25) is 0 Å². The summed E-state index contributed by atoms with van der Waals surface area (Å²) >= 11 is 1.86. The lowest BCUT2D eigenvalue weighted by atomic mass is 9.90. The highest BCUT2D eigenvalue weighted by Crippen LogP contribution is 2.31. The Labute approximate surface area is 224 Å². The molecule has 3 aliphatic rings. The predicted octanol–water partition coefficient (Wildman–Crippen LogP) is 4.17. The highest BCUT2D eigenvalue weighted by molar-refractivity contribution is 7.99. The summed E-state index contributed by atoms with van der Waals surface area (Å²) in [6, 6.07) is 9.33. The Kier molecular flexibility index (Phi) is 7.12. The van der Waals surface area contributed by atoms with Gasteiger partial charge in [0.15, 0.2) is 0 Å². The molecule has 38 heavy (non-hydrogen) atoms. The maximum atomic E-state index is 14.1. The SMILES string of the molecule is O=C(CC1Cc2ccccc2C1)NC1CCC(n2c(=O)c3cc(F)cnc3n(C3CCSCC3)c2=O)CC1. The van der Waals surface area contributed by atoms with Crippen LogP contribution in [0.15, 0.2) is 46.1 Å². The van der Waals surface area contributed by atoms with Crippen molar-refractivity contribution in [3.05, 3.63) is 74.3 Å². The standard InChI is InChI=1S/C29H33FN4O3S/c30-21-16-25-27(31-17-21)33(24-9-11-38-12-10-24)29(37)34(28(25)36)23-7-5-22(6-8-23)32-26(35)15-18-13-19-3-1-2-4-20(19)14-18/h1-4,16-18,22-24H,5-15H2,(H,32,35). The van der Waals surface area contributed by atoms with E-state index in [0.717, 1.165) is 43.4 Å². The van der Waals surface area contributed by atoms with Crippen molar-refractivity contribution in [1.29, 1.82) is 0 Å². The zero-order valence-corrected chi connectivity index (χ0v) is 22.2. The van der Waals surface area contributed by atoms with Crippen LogP contribution < -0.4 is 16.6 Å². The molecule has 1 saturated heterocycles. The number of nitrogens with one attached hydrogen (secondary N) is 1. The van der Waals surface area contributed by atoms with E-state index in [9.17, 15) is 18.8 Å². The molecule has 1 aliphatic heterocycles. The maximum absolute atomic E-state index is 14.1. The third-order valence-electron chi connectivity index (χ3n) is 8.52. The van der Waals surface area contributed by atoms with Gasteiger partial charge >= 0.3 is 5.69 Å². The van der Waals surface area contributed by atoms with Gasteiger partial charge in [-0.2, -0.15) is 11.8 Å². The quantitative estimate of drug-likeness (QED) is 0.529. The van der Waals surface area contributed by atoms with E-state index in [4.69, 9.17) is 0 Å². The van der Waals surface area contributed by atoms with E-state index in [1.165, 1.54) is 21.8 Å². The monoisotopic (exact) mass is 536 g/mol. The second-order valence-electron chi connectivity index (χ2n) is 11.0. The molecular weight excluding hydrogens is 503 g/mol. The van der Waals surface area contributed by atoms with E-state index in [1.54, 1.807) is 4.57 Å². The smallest absolute Gasteiger partial charge is 0.333 e. The van der Waals surface area contributed by atoms with Gasteiger partial charge in [0.25, 0.3) is 5.56 Å². The number of thioether (sulfide) groups is 1. The predicted molar refractivity (Wildman–Crippen MR) is 147 cm³/mol. The Balaban J connectivity index is 1.16. The molecular formula is C29H33FN4O3S. The number of rotatable bonds is 5. The number of nitrogens with zero attached hydrogens (tertiary/aromatic N) is 3. The van der Waals surface area contributed by atoms with Gasteiger partial charge in [-0.15, -0.1) is 0 Å². The van der Waals surface area contributed by atoms with Crippen LogP contribution in [0, 0.1) is 11.7 Å². The summed E-state index contributed by atoms with van der Waals surface area (Å²) < 4.78 is 17.1. The van der Waals surface area contributed by atoms with Crippen molar-refractivity contribution in [1.82, 2.24) is 19.4 Å². The topological polar surface area (TPSA) is 86.0 Å². The van der Waals surface area contributed by atoms with Gasteiger partial charge in [-0.05, 0) is 86.0 Å². The summed E-state index contributed by atoms with van der Waals surface area (Å²) in [4.78, 5) is 44.2. The molecule has 3 heterocycles. The molecule has 3 aromatic rings. The lowest BCUT2D eigenvalue weighted by Crippen LogP contribution is -2.46. The second kappa shape index (κ2) is 10.7. The first kappa shape index (κ1) is 25.3. The minimum absolute atomic E-state index is 0.0374. The van der Waals surface area contributed by atoms with Crippen LogP contribution in [0.4, 0.5) is 4.39 Å². The molecule has 2 fully saturated rings. The Morgan fingerprint density at radius 1 is 0.974 bits per heavy atom. The summed E-state index contributed by atoms with van der Waals surface area (Å²) in [5.74, 6) is 1.72. The number of hydrogen-bond donors (Lipinski definition) is 1. The molecule has 1 N–H and O–H groups in total. The second-order valence-corrected chi connectivity index (χ2v) is 12.2. The molecule has 0 bridgehead atoms. The highest BCUT2D eigenvalue weighted by Gasteiger charge is 2.30. The minimum Gasteiger partial charge on any atom is -0.353 e. The highest BCUT2D eigenvalue weighted by atomic mass is 32.2. The number of carbonyl (C=O) groups excluding carboxylic acids is 1. The molecule has 0 unspecified atom stereocenters. The van der Waals surface area contributed by atoms with Crippen molar-refractivity contribution in [3.8, 4) is 0 Å². The number of pyridine rings is 1. The number of benzene rings is 1.